The van der Waals surface area contributed by atoms with Crippen molar-refractivity contribution in [2.75, 3.05) is 6.54 Å². The van der Waals surface area contributed by atoms with Crippen LogP contribution in [-0.4, -0.2) is 34.6 Å². The summed E-state index contributed by atoms with van der Waals surface area (Å²) in [5.41, 5.74) is 2.31. The Bertz CT molecular complexity index is 423. The number of carbonyl (C=O) groups is 1. The Morgan fingerprint density at radius 1 is 1.15 bits per heavy atom. The van der Waals surface area contributed by atoms with E-state index in [9.17, 15) is 9.90 Å². The van der Waals surface area contributed by atoms with Crippen LogP contribution in [0.25, 0.3) is 0 Å². The van der Waals surface area contributed by atoms with Gasteiger partial charge in [0.05, 0.1) is 12.0 Å². The highest BCUT2D eigenvalue weighted by Crippen LogP contribution is 2.20. The Morgan fingerprint density at radius 2 is 1.70 bits per heavy atom. The molecule has 2 unspecified atom stereocenters. The second kappa shape index (κ2) is 7.44. The van der Waals surface area contributed by atoms with Gasteiger partial charge in [-0.25, -0.2) is 0 Å². The number of rotatable bonds is 6. The molecule has 0 aromatic heterocycles. The van der Waals surface area contributed by atoms with Crippen LogP contribution in [0.2, 0.25) is 0 Å². The number of carbonyl (C=O) groups excluding carboxylic acids is 1. The molecule has 0 saturated heterocycles. The zero-order chi connectivity index (χ0) is 15.3. The van der Waals surface area contributed by atoms with E-state index >= 15 is 0 Å². The Balaban J connectivity index is 2.86. The zero-order valence-corrected chi connectivity index (χ0v) is 13.3. The summed E-state index contributed by atoms with van der Waals surface area (Å²) >= 11 is 0. The first-order chi connectivity index (χ1) is 9.36. The molecule has 3 heteroatoms. The molecule has 0 bridgehead atoms. The maximum Gasteiger partial charge on any atom is 0.230 e. The highest BCUT2D eigenvalue weighted by atomic mass is 16.3. The third kappa shape index (κ3) is 4.34. The van der Waals surface area contributed by atoms with Crippen LogP contribution in [-0.2, 0) is 11.2 Å². The fourth-order valence-electron chi connectivity index (χ4n) is 2.27. The van der Waals surface area contributed by atoms with E-state index in [1.807, 2.05) is 32.9 Å². The Hall–Kier alpha value is -1.35. The normalized spacial score (nSPS) is 14.2. The summed E-state index contributed by atoms with van der Waals surface area (Å²) in [6, 6.07) is 8.31. The predicted molar refractivity (Wildman–Crippen MR) is 82.8 cm³/mol. The molecule has 0 heterocycles. The minimum Gasteiger partial charge on any atom is -0.392 e. The first kappa shape index (κ1) is 16.7. The van der Waals surface area contributed by atoms with Crippen LogP contribution < -0.4 is 0 Å². The number of amides is 1. The molecule has 1 N–H and O–H groups in total. The lowest BCUT2D eigenvalue weighted by Gasteiger charge is -2.30. The summed E-state index contributed by atoms with van der Waals surface area (Å²) < 4.78 is 0. The molecule has 1 aromatic rings. The summed E-state index contributed by atoms with van der Waals surface area (Å²) in [6.07, 6.45) is 0.499. The number of hydrogen-bond donors (Lipinski definition) is 1. The van der Waals surface area contributed by atoms with Gasteiger partial charge in [-0.2, -0.15) is 0 Å². The van der Waals surface area contributed by atoms with Gasteiger partial charge in [-0.1, -0.05) is 31.2 Å². The lowest BCUT2D eigenvalue weighted by molar-refractivity contribution is -0.135. The molecule has 0 aliphatic carbocycles. The first-order valence-electron chi connectivity index (χ1n) is 7.44. The van der Waals surface area contributed by atoms with Gasteiger partial charge >= 0.3 is 0 Å². The molecule has 0 radical (unpaired) electrons. The lowest BCUT2D eigenvalue weighted by Crippen LogP contribution is -2.43. The van der Waals surface area contributed by atoms with Crippen LogP contribution >= 0.6 is 0 Å². The molecule has 1 aromatic carbocycles. The van der Waals surface area contributed by atoms with Crippen molar-refractivity contribution in [1.82, 2.24) is 4.90 Å². The smallest absolute Gasteiger partial charge is 0.230 e. The lowest BCUT2D eigenvalue weighted by atomic mass is 9.97. The van der Waals surface area contributed by atoms with Gasteiger partial charge in [0, 0.05) is 12.6 Å². The summed E-state index contributed by atoms with van der Waals surface area (Å²) in [7, 11) is 0. The molecule has 0 saturated carbocycles. The average Bonchev–Trinajstić information content (AvgIpc) is 2.43. The van der Waals surface area contributed by atoms with Gasteiger partial charge < -0.3 is 10.0 Å². The summed E-state index contributed by atoms with van der Waals surface area (Å²) in [4.78, 5) is 14.3. The number of hydrogen-bond acceptors (Lipinski definition) is 2. The van der Waals surface area contributed by atoms with E-state index in [2.05, 4.69) is 19.1 Å². The molecule has 0 fully saturated rings. The van der Waals surface area contributed by atoms with Gasteiger partial charge in [0.2, 0.25) is 5.91 Å². The van der Waals surface area contributed by atoms with Crippen molar-refractivity contribution in [2.45, 2.75) is 59.1 Å². The van der Waals surface area contributed by atoms with Crippen molar-refractivity contribution in [3.63, 3.8) is 0 Å². The largest absolute Gasteiger partial charge is 0.392 e. The van der Waals surface area contributed by atoms with Crippen molar-refractivity contribution >= 4 is 5.91 Å². The van der Waals surface area contributed by atoms with Crippen molar-refractivity contribution in [3.8, 4) is 0 Å². The summed E-state index contributed by atoms with van der Waals surface area (Å²) in [6.45, 7) is 10.1. The van der Waals surface area contributed by atoms with E-state index in [4.69, 9.17) is 0 Å². The molecule has 112 valence electrons. The van der Waals surface area contributed by atoms with Crippen molar-refractivity contribution in [3.05, 3.63) is 35.4 Å². The summed E-state index contributed by atoms with van der Waals surface area (Å²) in [5.74, 6) is -0.104. The molecule has 1 amide bonds. The van der Waals surface area contributed by atoms with E-state index in [1.54, 1.807) is 11.8 Å². The number of aliphatic hydroxyl groups is 1. The number of aryl methyl sites for hydroxylation is 1. The highest BCUT2D eigenvalue weighted by molar-refractivity contribution is 5.83. The molecular formula is C17H27NO2. The van der Waals surface area contributed by atoms with Gasteiger partial charge in [-0.05, 0) is 45.2 Å². The van der Waals surface area contributed by atoms with Crippen LogP contribution in [0.15, 0.2) is 24.3 Å². The van der Waals surface area contributed by atoms with Crippen LogP contribution in [0.4, 0.5) is 0 Å². The SMILES string of the molecule is CCc1ccc(C(C)C(=O)N(CC(C)O)C(C)C)cc1. The maximum atomic E-state index is 12.6. The van der Waals surface area contributed by atoms with E-state index in [1.165, 1.54) is 5.56 Å². The van der Waals surface area contributed by atoms with Gasteiger partial charge in [-0.15, -0.1) is 0 Å². The minimum absolute atomic E-state index is 0.0742. The minimum atomic E-state index is -0.504. The van der Waals surface area contributed by atoms with E-state index < -0.39 is 6.10 Å². The topological polar surface area (TPSA) is 40.5 Å². The predicted octanol–water partition coefficient (Wildman–Crippen LogP) is 2.97. The van der Waals surface area contributed by atoms with E-state index in [0.717, 1.165) is 12.0 Å². The van der Waals surface area contributed by atoms with Crippen LogP contribution in [0, 0.1) is 0 Å². The molecule has 20 heavy (non-hydrogen) atoms. The second-order valence-corrected chi connectivity index (χ2v) is 5.75. The van der Waals surface area contributed by atoms with Crippen LogP contribution in [0.1, 0.15) is 51.7 Å². The Morgan fingerprint density at radius 3 is 2.10 bits per heavy atom. The fraction of sp³-hybridized carbons (Fsp3) is 0.588. The molecule has 0 spiro atoms. The molecule has 3 nitrogen and oxygen atoms in total. The van der Waals surface area contributed by atoms with Crippen molar-refractivity contribution in [1.29, 1.82) is 0 Å². The monoisotopic (exact) mass is 277 g/mol. The third-order valence-corrected chi connectivity index (χ3v) is 3.63. The van der Waals surface area contributed by atoms with Gasteiger partial charge in [-0.3, -0.25) is 4.79 Å². The maximum absolute atomic E-state index is 12.6. The van der Waals surface area contributed by atoms with Gasteiger partial charge in [0.25, 0.3) is 0 Å². The molecular weight excluding hydrogens is 250 g/mol. The molecule has 2 atom stereocenters. The fourth-order valence-corrected chi connectivity index (χ4v) is 2.27. The van der Waals surface area contributed by atoms with Crippen molar-refractivity contribution in [2.24, 2.45) is 0 Å². The zero-order valence-electron chi connectivity index (χ0n) is 13.3. The van der Waals surface area contributed by atoms with Crippen LogP contribution in [0.3, 0.4) is 0 Å². The molecule has 0 aliphatic heterocycles. The molecule has 0 aliphatic rings. The standard InChI is InChI=1S/C17H27NO2/c1-6-15-7-9-16(10-8-15)14(5)17(20)18(12(2)3)11-13(4)19/h7-10,12-14,19H,6,11H2,1-5H3. The number of aliphatic hydroxyl groups excluding tert-OH is 1. The Kier molecular flexibility index (Phi) is 6.21. The number of nitrogens with zero attached hydrogens (tertiary/aromatic N) is 1. The quantitative estimate of drug-likeness (QED) is 0.868. The first-order valence-corrected chi connectivity index (χ1v) is 7.44. The third-order valence-electron chi connectivity index (χ3n) is 3.63. The summed E-state index contributed by atoms with van der Waals surface area (Å²) in [5, 5.41) is 9.55. The van der Waals surface area contributed by atoms with Crippen molar-refractivity contribution < 1.29 is 9.90 Å². The Labute approximate surface area is 122 Å². The van der Waals surface area contributed by atoms with Gasteiger partial charge in [0.15, 0.2) is 0 Å². The van der Waals surface area contributed by atoms with Crippen LogP contribution in [0.5, 0.6) is 0 Å². The number of benzene rings is 1. The molecule has 1 rings (SSSR count). The van der Waals surface area contributed by atoms with E-state index in [-0.39, 0.29) is 17.9 Å². The van der Waals surface area contributed by atoms with E-state index in [0.29, 0.717) is 6.54 Å². The highest BCUT2D eigenvalue weighted by Gasteiger charge is 2.24. The average molecular weight is 277 g/mol. The van der Waals surface area contributed by atoms with Gasteiger partial charge in [0.1, 0.15) is 0 Å². The second-order valence-electron chi connectivity index (χ2n) is 5.75.